The maximum Gasteiger partial charge on any atom is 0.275 e. The number of amides is 1. The molecule has 4 aromatic heterocycles. The van der Waals surface area contributed by atoms with E-state index < -0.39 is 5.91 Å². The van der Waals surface area contributed by atoms with E-state index in [9.17, 15) is 9.59 Å². The van der Waals surface area contributed by atoms with Crippen molar-refractivity contribution in [3.05, 3.63) is 89.4 Å². The summed E-state index contributed by atoms with van der Waals surface area (Å²) >= 11 is 0. The van der Waals surface area contributed by atoms with Crippen molar-refractivity contribution in [1.82, 2.24) is 24.7 Å². The lowest BCUT2D eigenvalue weighted by atomic mass is 10.1. The molecular weight excluding hydrogens is 392 g/mol. The number of hydrogen-bond acceptors (Lipinski definition) is 6. The fourth-order valence-corrected chi connectivity index (χ4v) is 3.37. The van der Waals surface area contributed by atoms with Crippen LogP contribution < -0.4 is 10.7 Å². The summed E-state index contributed by atoms with van der Waals surface area (Å²) in [5.41, 5.74) is 2.32. The van der Waals surface area contributed by atoms with Gasteiger partial charge in [0.1, 0.15) is 11.5 Å². The van der Waals surface area contributed by atoms with E-state index in [1.54, 1.807) is 59.7 Å². The molecule has 150 valence electrons. The van der Waals surface area contributed by atoms with E-state index in [1.165, 1.54) is 6.20 Å². The number of carbonyl (C=O) groups excluding carboxylic acids is 1. The van der Waals surface area contributed by atoms with Gasteiger partial charge in [-0.15, -0.1) is 0 Å². The quantitative estimate of drug-likeness (QED) is 0.492. The van der Waals surface area contributed by atoms with Gasteiger partial charge in [-0.1, -0.05) is 12.1 Å². The number of aryl methyl sites for hydroxylation is 1. The van der Waals surface area contributed by atoms with Crippen LogP contribution in [-0.2, 0) is 7.05 Å². The van der Waals surface area contributed by atoms with Gasteiger partial charge in [0.2, 0.25) is 0 Å². The summed E-state index contributed by atoms with van der Waals surface area (Å²) in [6.07, 6.45) is 8.41. The van der Waals surface area contributed by atoms with E-state index in [-0.39, 0.29) is 16.9 Å². The molecule has 0 atom stereocenters. The van der Waals surface area contributed by atoms with Crippen molar-refractivity contribution in [2.45, 2.75) is 0 Å². The fourth-order valence-electron chi connectivity index (χ4n) is 3.37. The van der Waals surface area contributed by atoms with Crippen molar-refractivity contribution < 1.29 is 4.79 Å². The van der Waals surface area contributed by atoms with Crippen molar-refractivity contribution in [2.75, 3.05) is 5.32 Å². The van der Waals surface area contributed by atoms with Crippen LogP contribution in [0.2, 0.25) is 0 Å². The summed E-state index contributed by atoms with van der Waals surface area (Å²) in [6.45, 7) is 0. The second-order valence-electron chi connectivity index (χ2n) is 7.05. The van der Waals surface area contributed by atoms with Gasteiger partial charge in [0.05, 0.1) is 11.7 Å². The zero-order chi connectivity index (χ0) is 21.4. The average molecular weight is 408 g/mol. The third kappa shape index (κ3) is 3.51. The first-order valence-electron chi connectivity index (χ1n) is 9.53. The average Bonchev–Trinajstić information content (AvgIpc) is 3.18. The van der Waals surface area contributed by atoms with Gasteiger partial charge in [-0.05, 0) is 30.3 Å². The van der Waals surface area contributed by atoms with Crippen LogP contribution in [0.5, 0.6) is 0 Å². The van der Waals surface area contributed by atoms with Gasteiger partial charge >= 0.3 is 0 Å². The number of anilines is 1. The van der Waals surface area contributed by atoms with E-state index in [0.717, 1.165) is 11.1 Å². The topological polar surface area (TPSA) is 103 Å². The van der Waals surface area contributed by atoms with Crippen LogP contribution in [0.4, 0.5) is 5.82 Å². The minimum atomic E-state index is -0.398. The lowest BCUT2D eigenvalue weighted by Gasteiger charge is -2.04. The van der Waals surface area contributed by atoms with Crippen LogP contribution in [0.25, 0.3) is 32.8 Å². The molecule has 0 aliphatic heterocycles. The molecule has 8 heteroatoms. The molecule has 0 spiro atoms. The standard InChI is InChI=1S/C23H16N6O2/c1-29-13-16(12-27-29)15-8-18-19(25-11-15)6-5-14-10-26-21(9-17(14)22(18)30)28-23(31)20-4-2-3-7-24-20/h2-13H,1H3,(H,26,28,31). The zero-order valence-corrected chi connectivity index (χ0v) is 16.5. The Labute approximate surface area is 176 Å². The lowest BCUT2D eigenvalue weighted by molar-refractivity contribution is 0.102. The minimum absolute atomic E-state index is 0.191. The molecule has 5 aromatic rings. The Hall–Kier alpha value is -4.46. The monoisotopic (exact) mass is 408 g/mol. The third-order valence-corrected chi connectivity index (χ3v) is 4.94. The summed E-state index contributed by atoms with van der Waals surface area (Å²) in [5.74, 6) is -0.124. The number of aromatic nitrogens is 5. The number of nitrogens with zero attached hydrogens (tertiary/aromatic N) is 5. The highest BCUT2D eigenvalue weighted by Crippen LogP contribution is 2.22. The second-order valence-corrected chi connectivity index (χ2v) is 7.05. The van der Waals surface area contributed by atoms with E-state index >= 15 is 0 Å². The molecule has 0 aliphatic rings. The summed E-state index contributed by atoms with van der Waals surface area (Å²) < 4.78 is 1.69. The van der Waals surface area contributed by atoms with Gasteiger partial charge < -0.3 is 5.32 Å². The molecule has 0 unspecified atom stereocenters. The van der Waals surface area contributed by atoms with Gasteiger partial charge in [0.15, 0.2) is 5.43 Å². The van der Waals surface area contributed by atoms with Crippen LogP contribution in [-0.4, -0.2) is 30.6 Å². The Morgan fingerprint density at radius 1 is 0.935 bits per heavy atom. The summed E-state index contributed by atoms with van der Waals surface area (Å²) in [4.78, 5) is 38.5. The number of hydrogen-bond donors (Lipinski definition) is 1. The first-order chi connectivity index (χ1) is 15.1. The van der Waals surface area contributed by atoms with Crippen molar-refractivity contribution in [2.24, 2.45) is 7.05 Å². The van der Waals surface area contributed by atoms with Crippen molar-refractivity contribution >= 4 is 33.4 Å². The molecule has 5 rings (SSSR count). The number of pyridine rings is 3. The second kappa shape index (κ2) is 7.42. The Kier molecular flexibility index (Phi) is 4.44. The van der Waals surface area contributed by atoms with Gasteiger partial charge in [0.25, 0.3) is 5.91 Å². The molecule has 0 bridgehead atoms. The molecular formula is C23H16N6O2. The van der Waals surface area contributed by atoms with Crippen molar-refractivity contribution in [1.29, 1.82) is 0 Å². The third-order valence-electron chi connectivity index (χ3n) is 4.94. The van der Waals surface area contributed by atoms with E-state index in [0.29, 0.717) is 21.7 Å². The number of nitrogens with one attached hydrogen (secondary N) is 1. The minimum Gasteiger partial charge on any atom is -0.305 e. The maximum atomic E-state index is 13.4. The molecule has 1 amide bonds. The van der Waals surface area contributed by atoms with E-state index in [4.69, 9.17) is 0 Å². The molecule has 0 fully saturated rings. The van der Waals surface area contributed by atoms with Crippen LogP contribution in [0.1, 0.15) is 10.5 Å². The van der Waals surface area contributed by atoms with Crippen LogP contribution in [0.15, 0.2) is 78.2 Å². The van der Waals surface area contributed by atoms with Crippen LogP contribution in [0.3, 0.4) is 0 Å². The van der Waals surface area contributed by atoms with E-state index in [2.05, 4.69) is 25.4 Å². The molecule has 0 saturated heterocycles. The van der Waals surface area contributed by atoms with Crippen LogP contribution in [0, 0.1) is 0 Å². The number of carbonyl (C=O) groups is 1. The normalized spacial score (nSPS) is 11.0. The molecule has 1 N–H and O–H groups in total. The molecule has 0 radical (unpaired) electrons. The van der Waals surface area contributed by atoms with Gasteiger partial charge in [-0.2, -0.15) is 5.10 Å². The molecule has 8 nitrogen and oxygen atoms in total. The molecule has 0 saturated carbocycles. The summed E-state index contributed by atoms with van der Waals surface area (Å²) in [5, 5.41) is 8.44. The number of fused-ring (bicyclic) bond motifs is 2. The van der Waals surface area contributed by atoms with Gasteiger partial charge in [-0.3, -0.25) is 24.2 Å². The number of rotatable bonds is 3. The zero-order valence-electron chi connectivity index (χ0n) is 16.5. The van der Waals surface area contributed by atoms with Gasteiger partial charge in [0, 0.05) is 59.1 Å². The maximum absolute atomic E-state index is 13.4. The highest BCUT2D eigenvalue weighted by Gasteiger charge is 2.11. The van der Waals surface area contributed by atoms with E-state index in [1.807, 2.05) is 19.3 Å². The molecule has 1 aromatic carbocycles. The van der Waals surface area contributed by atoms with Crippen molar-refractivity contribution in [3.63, 3.8) is 0 Å². The fraction of sp³-hybridized carbons (Fsp3) is 0.0435. The van der Waals surface area contributed by atoms with Gasteiger partial charge in [-0.25, -0.2) is 4.98 Å². The molecule has 0 aliphatic carbocycles. The first kappa shape index (κ1) is 18.6. The predicted molar refractivity (Wildman–Crippen MR) is 118 cm³/mol. The Morgan fingerprint density at radius 2 is 1.84 bits per heavy atom. The Balaban J connectivity index is 1.62. The SMILES string of the molecule is Cn1cc(-c2cnc3ccc4cnc(NC(=O)c5ccccn5)cc4c(=O)c3c2)cn1. The molecule has 31 heavy (non-hydrogen) atoms. The molecule has 4 heterocycles. The largest absolute Gasteiger partial charge is 0.305 e. The lowest BCUT2D eigenvalue weighted by Crippen LogP contribution is -2.14. The summed E-state index contributed by atoms with van der Waals surface area (Å²) in [6, 6.07) is 12.0. The highest BCUT2D eigenvalue weighted by atomic mass is 16.2. The van der Waals surface area contributed by atoms with Crippen LogP contribution >= 0.6 is 0 Å². The smallest absolute Gasteiger partial charge is 0.275 e. The Morgan fingerprint density at radius 3 is 2.61 bits per heavy atom. The first-order valence-corrected chi connectivity index (χ1v) is 9.53. The Bertz CT molecular complexity index is 1510. The summed E-state index contributed by atoms with van der Waals surface area (Å²) in [7, 11) is 1.83. The highest BCUT2D eigenvalue weighted by molar-refractivity contribution is 6.03. The van der Waals surface area contributed by atoms with Crippen molar-refractivity contribution in [3.8, 4) is 11.1 Å². The predicted octanol–water partition coefficient (Wildman–Crippen LogP) is 3.19.